The lowest BCUT2D eigenvalue weighted by Gasteiger charge is -2.18. The minimum absolute atomic E-state index is 0.215. The molecule has 2 aromatic heterocycles. The molecule has 0 N–H and O–H groups in total. The Labute approximate surface area is 167 Å². The highest BCUT2D eigenvalue weighted by Gasteiger charge is 2.25. The molecular weight excluding hydrogens is 376 g/mol. The van der Waals surface area contributed by atoms with Crippen molar-refractivity contribution in [2.75, 3.05) is 0 Å². The van der Waals surface area contributed by atoms with Crippen LogP contribution in [0.2, 0.25) is 0 Å². The lowest BCUT2D eigenvalue weighted by atomic mass is 9.89. The second kappa shape index (κ2) is 7.98. The van der Waals surface area contributed by atoms with E-state index >= 15 is 0 Å². The number of ether oxygens (including phenoxy) is 1. The number of rotatable bonds is 5. The molecule has 1 aromatic carbocycles. The third-order valence-corrected chi connectivity index (χ3v) is 7.14. The molecule has 1 aliphatic carbocycles. The summed E-state index contributed by atoms with van der Waals surface area (Å²) >= 11 is 3.26. The number of nitrogens with zero attached hydrogens (tertiary/aromatic N) is 2. The molecule has 0 radical (unpaired) electrons. The number of hydrogen-bond acceptors (Lipinski definition) is 6. The van der Waals surface area contributed by atoms with Crippen molar-refractivity contribution in [2.45, 2.75) is 50.0 Å². The van der Waals surface area contributed by atoms with Crippen molar-refractivity contribution in [1.29, 1.82) is 0 Å². The van der Waals surface area contributed by atoms with Crippen molar-refractivity contribution in [3.05, 3.63) is 52.7 Å². The lowest BCUT2D eigenvalue weighted by Crippen LogP contribution is -2.17. The Morgan fingerprint density at radius 1 is 1.33 bits per heavy atom. The molecular formula is C21H22N2O2S2. The van der Waals surface area contributed by atoms with Gasteiger partial charge in [-0.1, -0.05) is 49.0 Å². The maximum Gasteiger partial charge on any atom is 0.319 e. The van der Waals surface area contributed by atoms with E-state index in [9.17, 15) is 4.79 Å². The van der Waals surface area contributed by atoms with Gasteiger partial charge in [0.1, 0.15) is 28.0 Å². The van der Waals surface area contributed by atoms with Gasteiger partial charge in [0.2, 0.25) is 0 Å². The molecule has 6 heteroatoms. The first kappa shape index (κ1) is 18.4. The van der Waals surface area contributed by atoms with Crippen LogP contribution in [0, 0.1) is 5.92 Å². The second-order valence-corrected chi connectivity index (χ2v) is 9.48. The number of thiophene rings is 1. The minimum atomic E-state index is -0.315. The average molecular weight is 399 g/mol. The zero-order valence-corrected chi connectivity index (χ0v) is 17.1. The zero-order valence-electron chi connectivity index (χ0n) is 15.5. The number of hydrogen-bond donors (Lipinski definition) is 0. The molecule has 0 amide bonds. The fraction of sp³-hybridized carbons (Fsp3) is 0.381. The Balaban J connectivity index is 1.50. The summed E-state index contributed by atoms with van der Waals surface area (Å²) in [6.45, 7) is 4.49. The fourth-order valence-corrected chi connectivity index (χ4v) is 5.76. The summed E-state index contributed by atoms with van der Waals surface area (Å²) in [6, 6.07) is 9.75. The molecule has 27 heavy (non-hydrogen) atoms. The SMILES string of the molecule is CC1CCc2c(sc3ncnc(SC(C)C(=O)OCc4ccccc4)c23)C1. The van der Waals surface area contributed by atoms with Gasteiger partial charge in [-0.25, -0.2) is 9.97 Å². The largest absolute Gasteiger partial charge is 0.460 e. The molecule has 4 nitrogen and oxygen atoms in total. The van der Waals surface area contributed by atoms with Gasteiger partial charge in [-0.3, -0.25) is 4.79 Å². The molecule has 0 spiro atoms. The highest BCUT2D eigenvalue weighted by molar-refractivity contribution is 8.00. The minimum Gasteiger partial charge on any atom is -0.460 e. The van der Waals surface area contributed by atoms with E-state index in [1.165, 1.54) is 28.6 Å². The highest BCUT2D eigenvalue weighted by Crippen LogP contribution is 2.41. The van der Waals surface area contributed by atoms with Crippen LogP contribution in [0.4, 0.5) is 0 Å². The molecule has 0 fully saturated rings. The molecule has 140 valence electrons. The van der Waals surface area contributed by atoms with Crippen molar-refractivity contribution in [3.8, 4) is 0 Å². The molecule has 1 aliphatic rings. The third-order valence-electron chi connectivity index (χ3n) is 4.90. The van der Waals surface area contributed by atoms with Crippen LogP contribution in [0.15, 0.2) is 41.7 Å². The number of thioether (sulfide) groups is 1. The highest BCUT2D eigenvalue weighted by atomic mass is 32.2. The Morgan fingerprint density at radius 3 is 2.96 bits per heavy atom. The van der Waals surface area contributed by atoms with E-state index in [-0.39, 0.29) is 11.2 Å². The molecule has 2 heterocycles. The van der Waals surface area contributed by atoms with Crippen LogP contribution in [0.5, 0.6) is 0 Å². The van der Waals surface area contributed by atoms with E-state index in [1.54, 1.807) is 17.7 Å². The summed E-state index contributed by atoms with van der Waals surface area (Å²) in [5.41, 5.74) is 2.38. The number of carbonyl (C=O) groups excluding carboxylic acids is 1. The monoisotopic (exact) mass is 398 g/mol. The van der Waals surface area contributed by atoms with Crippen LogP contribution in [-0.2, 0) is 29.0 Å². The topological polar surface area (TPSA) is 52.1 Å². The molecule has 0 saturated heterocycles. The summed E-state index contributed by atoms with van der Waals surface area (Å²) in [4.78, 5) is 23.9. The Bertz CT molecular complexity index is 955. The summed E-state index contributed by atoms with van der Waals surface area (Å²) < 4.78 is 5.48. The predicted molar refractivity (Wildman–Crippen MR) is 110 cm³/mol. The van der Waals surface area contributed by atoms with Gasteiger partial charge in [0.15, 0.2) is 0 Å². The summed E-state index contributed by atoms with van der Waals surface area (Å²) in [6.07, 6.45) is 5.00. The first-order chi connectivity index (χ1) is 13.1. The van der Waals surface area contributed by atoms with E-state index < -0.39 is 0 Å². The first-order valence-electron chi connectivity index (χ1n) is 9.24. The Hall–Kier alpha value is -1.92. The maximum absolute atomic E-state index is 12.4. The maximum atomic E-state index is 12.4. The third kappa shape index (κ3) is 4.01. The number of benzene rings is 1. The van der Waals surface area contributed by atoms with Gasteiger partial charge in [-0.2, -0.15) is 0 Å². The van der Waals surface area contributed by atoms with Crippen LogP contribution in [0.3, 0.4) is 0 Å². The Morgan fingerprint density at radius 2 is 2.15 bits per heavy atom. The number of carbonyl (C=O) groups is 1. The van der Waals surface area contributed by atoms with Crippen molar-refractivity contribution in [3.63, 3.8) is 0 Å². The quantitative estimate of drug-likeness (QED) is 0.342. The van der Waals surface area contributed by atoms with Crippen molar-refractivity contribution in [2.24, 2.45) is 5.92 Å². The van der Waals surface area contributed by atoms with Gasteiger partial charge < -0.3 is 4.74 Å². The first-order valence-corrected chi connectivity index (χ1v) is 10.9. The molecule has 0 bridgehead atoms. The number of aryl methyl sites for hydroxylation is 1. The predicted octanol–water partition coefficient (Wildman–Crippen LogP) is 5.04. The van der Waals surface area contributed by atoms with Crippen molar-refractivity contribution in [1.82, 2.24) is 9.97 Å². The normalized spacial score (nSPS) is 17.5. The van der Waals surface area contributed by atoms with E-state index in [2.05, 4.69) is 16.9 Å². The standard InChI is InChI=1S/C21H22N2O2S2/c1-13-8-9-16-17(10-13)27-20-18(16)19(22-12-23-20)26-14(2)21(24)25-11-15-6-4-3-5-7-15/h3-7,12-14H,8-11H2,1-2H3. The van der Waals surface area contributed by atoms with Crippen LogP contribution in [-0.4, -0.2) is 21.2 Å². The zero-order chi connectivity index (χ0) is 18.8. The Kier molecular flexibility index (Phi) is 5.45. The second-order valence-electron chi connectivity index (χ2n) is 7.06. The van der Waals surface area contributed by atoms with E-state index in [4.69, 9.17) is 4.74 Å². The molecule has 4 rings (SSSR count). The number of fused-ring (bicyclic) bond motifs is 3. The van der Waals surface area contributed by atoms with Crippen LogP contribution in [0.25, 0.3) is 10.2 Å². The van der Waals surface area contributed by atoms with E-state index in [1.807, 2.05) is 37.3 Å². The number of aromatic nitrogens is 2. The molecule has 3 aromatic rings. The van der Waals surface area contributed by atoms with Gasteiger partial charge in [0.05, 0.1) is 0 Å². The number of esters is 1. The van der Waals surface area contributed by atoms with Gasteiger partial charge in [0.25, 0.3) is 0 Å². The molecule has 2 atom stereocenters. The molecule has 0 saturated carbocycles. The van der Waals surface area contributed by atoms with E-state index in [0.29, 0.717) is 6.61 Å². The average Bonchev–Trinajstić information content (AvgIpc) is 3.05. The summed E-state index contributed by atoms with van der Waals surface area (Å²) in [5.74, 6) is 0.509. The van der Waals surface area contributed by atoms with Gasteiger partial charge in [-0.15, -0.1) is 11.3 Å². The van der Waals surface area contributed by atoms with Gasteiger partial charge in [0, 0.05) is 10.3 Å². The van der Waals surface area contributed by atoms with Gasteiger partial charge in [-0.05, 0) is 43.2 Å². The van der Waals surface area contributed by atoms with Crippen LogP contribution < -0.4 is 0 Å². The van der Waals surface area contributed by atoms with Crippen molar-refractivity contribution >= 4 is 39.3 Å². The van der Waals surface area contributed by atoms with Crippen LogP contribution in [0.1, 0.15) is 36.3 Å². The summed E-state index contributed by atoms with van der Waals surface area (Å²) in [5, 5.41) is 1.73. The molecule has 2 unspecified atom stereocenters. The van der Waals surface area contributed by atoms with E-state index in [0.717, 1.165) is 39.6 Å². The van der Waals surface area contributed by atoms with Crippen molar-refractivity contribution < 1.29 is 9.53 Å². The lowest BCUT2D eigenvalue weighted by molar-refractivity contribution is -0.143. The van der Waals surface area contributed by atoms with Gasteiger partial charge >= 0.3 is 5.97 Å². The smallest absolute Gasteiger partial charge is 0.319 e. The molecule has 0 aliphatic heterocycles. The van der Waals surface area contributed by atoms with Crippen LogP contribution >= 0.6 is 23.1 Å². The fourth-order valence-electron chi connectivity index (χ4n) is 3.40. The summed E-state index contributed by atoms with van der Waals surface area (Å²) in [7, 11) is 0.